The van der Waals surface area contributed by atoms with Crippen LogP contribution in [-0.2, 0) is 14.6 Å². The fourth-order valence-corrected chi connectivity index (χ4v) is 5.91. The van der Waals surface area contributed by atoms with Crippen LogP contribution in [0.2, 0.25) is 5.02 Å². The molecule has 1 N–H and O–H groups in total. The highest BCUT2D eigenvalue weighted by Gasteiger charge is 2.26. The Morgan fingerprint density at radius 3 is 2.17 bits per heavy atom. The molecule has 0 spiro atoms. The van der Waals surface area contributed by atoms with Gasteiger partial charge in [0, 0.05) is 29.5 Å². The van der Waals surface area contributed by atoms with Gasteiger partial charge in [-0.25, -0.2) is 13.2 Å². The minimum atomic E-state index is -3.79. The number of ether oxygens (including phenoxy) is 1. The van der Waals surface area contributed by atoms with Crippen LogP contribution in [0.5, 0.6) is 0 Å². The molecule has 1 unspecified atom stereocenters. The number of halogens is 1. The number of carbonyl (C=O) groups excluding carboxylic acids is 1. The molecule has 40 heavy (non-hydrogen) atoms. The Balaban J connectivity index is 0.00000216. The second-order valence-corrected chi connectivity index (χ2v) is 11.5. The zero-order valence-corrected chi connectivity index (χ0v) is 25.2. The number of rotatable bonds is 9. The van der Waals surface area contributed by atoms with Crippen molar-refractivity contribution >= 4 is 49.7 Å². The summed E-state index contributed by atoms with van der Waals surface area (Å²) < 4.78 is 32.3. The maximum atomic E-state index is 13.3. The summed E-state index contributed by atoms with van der Waals surface area (Å²) in [5.41, 5.74) is 3.13. The summed E-state index contributed by atoms with van der Waals surface area (Å²) in [4.78, 5) is 15.4. The van der Waals surface area contributed by atoms with Gasteiger partial charge in [-0.2, -0.15) is 0 Å². The highest BCUT2D eigenvalue weighted by atomic mass is 35.5. The van der Waals surface area contributed by atoms with E-state index in [-0.39, 0.29) is 4.90 Å². The number of amides is 1. The molecule has 6 nitrogen and oxygen atoms in total. The van der Waals surface area contributed by atoms with Crippen molar-refractivity contribution in [3.63, 3.8) is 0 Å². The van der Waals surface area contributed by atoms with Crippen molar-refractivity contribution in [2.75, 3.05) is 29.1 Å². The Labute approximate surface area is 242 Å². The van der Waals surface area contributed by atoms with Crippen molar-refractivity contribution in [1.82, 2.24) is 0 Å². The third-order valence-electron chi connectivity index (χ3n) is 6.51. The fourth-order valence-electron chi connectivity index (χ4n) is 4.39. The average molecular weight is 581 g/mol. The Morgan fingerprint density at radius 1 is 0.900 bits per heavy atom. The summed E-state index contributed by atoms with van der Waals surface area (Å²) in [6.45, 7) is 11.8. The molecule has 1 amide bonds. The minimum absolute atomic E-state index is 0.111. The molecule has 0 saturated carbocycles. The molecule has 0 fully saturated rings. The summed E-state index contributed by atoms with van der Waals surface area (Å²) in [7, 11) is -3.79. The number of benzene rings is 4. The topological polar surface area (TPSA) is 75.7 Å². The Kier molecular flexibility index (Phi) is 11.0. The standard InChI is InChI=1S/C30H31ClN2O4S.C2H6/c1-4-33(5-2)26-14-17-28(21(3)18-26)32-30(34)37-29(20-38(35,36)27-15-12-25(31)13-16-27)24-11-10-22-8-6-7-9-23(22)19-24;1-2/h6-19,29H,4-5,20H2,1-3H3,(H,32,34);1-2H3. The molecule has 0 aromatic heterocycles. The molecule has 4 rings (SSSR count). The second kappa shape index (κ2) is 14.2. The van der Waals surface area contributed by atoms with Crippen LogP contribution in [0.15, 0.2) is 89.8 Å². The predicted octanol–water partition coefficient (Wildman–Crippen LogP) is 8.44. The first-order valence-electron chi connectivity index (χ1n) is 13.5. The number of nitrogens with zero attached hydrogens (tertiary/aromatic N) is 1. The summed E-state index contributed by atoms with van der Waals surface area (Å²) in [6, 6.07) is 25.0. The van der Waals surface area contributed by atoms with Gasteiger partial charge < -0.3 is 9.64 Å². The number of hydrogen-bond donors (Lipinski definition) is 1. The van der Waals surface area contributed by atoms with Gasteiger partial charge in [-0.3, -0.25) is 5.32 Å². The largest absolute Gasteiger partial charge is 0.440 e. The van der Waals surface area contributed by atoms with Crippen LogP contribution in [-0.4, -0.2) is 33.4 Å². The molecule has 1 atom stereocenters. The van der Waals surface area contributed by atoms with Gasteiger partial charge in [0.05, 0.1) is 10.6 Å². The third-order valence-corrected chi connectivity index (χ3v) is 8.50. The highest BCUT2D eigenvalue weighted by Crippen LogP contribution is 2.29. The van der Waals surface area contributed by atoms with Gasteiger partial charge in [0.1, 0.15) is 6.10 Å². The molecule has 0 heterocycles. The first-order chi connectivity index (χ1) is 19.2. The lowest BCUT2D eigenvalue weighted by atomic mass is 10.0. The van der Waals surface area contributed by atoms with E-state index in [2.05, 4.69) is 24.1 Å². The predicted molar refractivity (Wildman–Crippen MR) is 166 cm³/mol. The van der Waals surface area contributed by atoms with Crippen LogP contribution < -0.4 is 10.2 Å². The minimum Gasteiger partial charge on any atom is -0.440 e. The van der Waals surface area contributed by atoms with Crippen LogP contribution in [0.4, 0.5) is 16.2 Å². The van der Waals surface area contributed by atoms with E-state index in [9.17, 15) is 13.2 Å². The lowest BCUT2D eigenvalue weighted by Crippen LogP contribution is -2.24. The molecule has 0 aliphatic rings. The van der Waals surface area contributed by atoms with Crippen molar-refractivity contribution in [3.8, 4) is 0 Å². The molecular formula is C32H37ClN2O4S. The van der Waals surface area contributed by atoms with Gasteiger partial charge in [-0.1, -0.05) is 61.8 Å². The lowest BCUT2D eigenvalue weighted by Gasteiger charge is -2.23. The number of aryl methyl sites for hydroxylation is 1. The zero-order valence-electron chi connectivity index (χ0n) is 23.6. The molecule has 8 heteroatoms. The SMILES string of the molecule is CC.CCN(CC)c1ccc(NC(=O)OC(CS(=O)(=O)c2ccc(Cl)cc2)c2ccc3ccccc3c2)c(C)c1. The Bertz CT molecular complexity index is 1530. The number of nitrogens with one attached hydrogen (secondary N) is 1. The lowest BCUT2D eigenvalue weighted by molar-refractivity contribution is 0.122. The number of fused-ring (bicyclic) bond motifs is 1. The maximum Gasteiger partial charge on any atom is 0.412 e. The summed E-state index contributed by atoms with van der Waals surface area (Å²) >= 11 is 5.95. The summed E-state index contributed by atoms with van der Waals surface area (Å²) in [6.07, 6.45) is -1.76. The van der Waals surface area contributed by atoms with E-state index in [0.717, 1.165) is 35.1 Å². The molecule has 4 aromatic carbocycles. The monoisotopic (exact) mass is 580 g/mol. The molecule has 212 valence electrons. The summed E-state index contributed by atoms with van der Waals surface area (Å²) in [5, 5.41) is 5.15. The average Bonchev–Trinajstić information content (AvgIpc) is 2.95. The number of anilines is 2. The summed E-state index contributed by atoms with van der Waals surface area (Å²) in [5.74, 6) is -0.416. The van der Waals surface area contributed by atoms with Crippen LogP contribution in [0.3, 0.4) is 0 Å². The third kappa shape index (κ3) is 7.77. The molecule has 0 aliphatic carbocycles. The fraction of sp³-hybridized carbons (Fsp3) is 0.281. The van der Waals surface area contributed by atoms with Crippen molar-refractivity contribution in [3.05, 3.63) is 101 Å². The van der Waals surface area contributed by atoms with Gasteiger partial charge in [0.25, 0.3) is 0 Å². The van der Waals surface area contributed by atoms with E-state index in [1.165, 1.54) is 24.3 Å². The van der Waals surface area contributed by atoms with Gasteiger partial charge in [0.15, 0.2) is 9.84 Å². The Morgan fingerprint density at radius 2 is 1.55 bits per heavy atom. The molecule has 0 saturated heterocycles. The molecule has 4 aromatic rings. The maximum absolute atomic E-state index is 13.3. The zero-order chi connectivity index (χ0) is 29.3. The van der Waals surface area contributed by atoms with E-state index in [4.69, 9.17) is 16.3 Å². The van der Waals surface area contributed by atoms with Gasteiger partial charge in [0.2, 0.25) is 0 Å². The number of carbonyl (C=O) groups is 1. The van der Waals surface area contributed by atoms with E-state index < -0.39 is 27.8 Å². The van der Waals surface area contributed by atoms with Crippen molar-refractivity contribution in [2.45, 2.75) is 45.6 Å². The van der Waals surface area contributed by atoms with Crippen LogP contribution in [0.1, 0.15) is 44.9 Å². The van der Waals surface area contributed by atoms with Gasteiger partial charge in [-0.05, 0) is 91.2 Å². The first kappa shape index (κ1) is 31.0. The smallest absolute Gasteiger partial charge is 0.412 e. The van der Waals surface area contributed by atoms with Crippen molar-refractivity contribution in [2.24, 2.45) is 0 Å². The van der Waals surface area contributed by atoms with Crippen molar-refractivity contribution < 1.29 is 17.9 Å². The molecule has 0 aliphatic heterocycles. The molecule has 0 bridgehead atoms. The van der Waals surface area contributed by atoms with E-state index in [0.29, 0.717) is 16.3 Å². The van der Waals surface area contributed by atoms with E-state index >= 15 is 0 Å². The van der Waals surface area contributed by atoms with Crippen LogP contribution >= 0.6 is 11.6 Å². The van der Waals surface area contributed by atoms with Crippen molar-refractivity contribution in [1.29, 1.82) is 0 Å². The van der Waals surface area contributed by atoms with E-state index in [1.54, 1.807) is 6.07 Å². The number of hydrogen-bond acceptors (Lipinski definition) is 5. The molecule has 0 radical (unpaired) electrons. The Hall–Kier alpha value is -3.55. The first-order valence-corrected chi connectivity index (χ1v) is 15.5. The van der Waals surface area contributed by atoms with E-state index in [1.807, 2.05) is 75.4 Å². The van der Waals surface area contributed by atoms with Gasteiger partial charge in [-0.15, -0.1) is 0 Å². The number of sulfone groups is 1. The van der Waals surface area contributed by atoms with Crippen LogP contribution in [0.25, 0.3) is 10.8 Å². The quantitative estimate of drug-likeness (QED) is 0.215. The highest BCUT2D eigenvalue weighted by molar-refractivity contribution is 7.91. The second-order valence-electron chi connectivity index (χ2n) is 9.03. The molecular weight excluding hydrogens is 544 g/mol. The van der Waals surface area contributed by atoms with Crippen LogP contribution in [0, 0.1) is 6.92 Å². The normalized spacial score (nSPS) is 11.8. The van der Waals surface area contributed by atoms with Gasteiger partial charge >= 0.3 is 6.09 Å².